The normalized spacial score (nSPS) is 12.0. The van der Waals surface area contributed by atoms with Crippen molar-refractivity contribution in [1.82, 2.24) is 4.90 Å². The van der Waals surface area contributed by atoms with Gasteiger partial charge in [0.15, 0.2) is 0 Å². The van der Waals surface area contributed by atoms with Crippen molar-refractivity contribution in [3.05, 3.63) is 64.7 Å². The summed E-state index contributed by atoms with van der Waals surface area (Å²) in [6, 6.07) is 18.1. The first-order valence-corrected chi connectivity index (χ1v) is 7.15. The van der Waals surface area contributed by atoms with Gasteiger partial charge in [0.25, 0.3) is 0 Å². The quantitative estimate of drug-likeness (QED) is 0.909. The van der Waals surface area contributed by atoms with Crippen LogP contribution in [-0.2, 0) is 0 Å². The van der Waals surface area contributed by atoms with Crippen LogP contribution in [0, 0.1) is 11.3 Å². The number of anilines is 1. The molecule has 4 heteroatoms. The zero-order valence-electron chi connectivity index (χ0n) is 12.2. The number of nitrogens with one attached hydrogen (secondary N) is 1. The molecule has 2 rings (SSSR count). The highest BCUT2D eigenvalue weighted by Gasteiger charge is 2.14. The van der Waals surface area contributed by atoms with Crippen molar-refractivity contribution in [1.29, 1.82) is 5.26 Å². The number of rotatable bonds is 5. The van der Waals surface area contributed by atoms with Crippen molar-refractivity contribution in [2.75, 3.05) is 26.0 Å². The Morgan fingerprint density at radius 2 is 1.86 bits per heavy atom. The minimum atomic E-state index is 0.219. The highest BCUT2D eigenvalue weighted by molar-refractivity contribution is 6.32. The summed E-state index contributed by atoms with van der Waals surface area (Å²) in [6.45, 7) is 0.700. The molecule has 2 aromatic carbocycles. The topological polar surface area (TPSA) is 39.1 Å². The number of likely N-dealkylation sites (N-methyl/N-ethyl adjacent to an activating group) is 1. The molecule has 1 unspecified atom stereocenters. The van der Waals surface area contributed by atoms with Crippen LogP contribution in [0.4, 0.5) is 5.69 Å². The SMILES string of the molecule is CN(C)C(CNc1cccc(Cl)c1C#N)c1ccccc1. The van der Waals surface area contributed by atoms with Crippen LogP contribution in [0.3, 0.4) is 0 Å². The molecule has 108 valence electrons. The van der Waals surface area contributed by atoms with Gasteiger partial charge >= 0.3 is 0 Å². The van der Waals surface area contributed by atoms with Gasteiger partial charge in [-0.25, -0.2) is 0 Å². The van der Waals surface area contributed by atoms with Gasteiger partial charge in [0.05, 0.1) is 22.3 Å². The lowest BCUT2D eigenvalue weighted by molar-refractivity contribution is 0.312. The largest absolute Gasteiger partial charge is 0.382 e. The maximum atomic E-state index is 9.21. The van der Waals surface area contributed by atoms with Crippen molar-refractivity contribution >= 4 is 17.3 Å². The van der Waals surface area contributed by atoms with E-state index in [1.165, 1.54) is 5.56 Å². The Bertz CT molecular complexity index is 632. The Morgan fingerprint density at radius 3 is 2.48 bits per heavy atom. The summed E-state index contributed by atoms with van der Waals surface area (Å²) < 4.78 is 0. The molecule has 0 radical (unpaired) electrons. The summed E-state index contributed by atoms with van der Waals surface area (Å²) in [4.78, 5) is 2.15. The van der Waals surface area contributed by atoms with Crippen molar-refractivity contribution in [3.8, 4) is 6.07 Å². The molecule has 0 aliphatic heterocycles. The molecule has 0 aliphatic rings. The van der Waals surface area contributed by atoms with Crippen LogP contribution in [-0.4, -0.2) is 25.5 Å². The zero-order chi connectivity index (χ0) is 15.2. The molecular weight excluding hydrogens is 282 g/mol. The molecule has 1 atom stereocenters. The molecule has 0 amide bonds. The Labute approximate surface area is 130 Å². The van der Waals surface area contributed by atoms with Gasteiger partial charge in [0, 0.05) is 6.54 Å². The summed E-state index contributed by atoms with van der Waals surface area (Å²) in [5.41, 5.74) is 2.49. The van der Waals surface area contributed by atoms with E-state index >= 15 is 0 Å². The average Bonchev–Trinajstić information content (AvgIpc) is 2.48. The van der Waals surface area contributed by atoms with Gasteiger partial charge in [-0.1, -0.05) is 48.0 Å². The van der Waals surface area contributed by atoms with E-state index in [0.29, 0.717) is 17.1 Å². The third-order valence-electron chi connectivity index (χ3n) is 3.42. The van der Waals surface area contributed by atoms with Crippen LogP contribution in [0.5, 0.6) is 0 Å². The lowest BCUT2D eigenvalue weighted by Gasteiger charge is -2.25. The number of halogens is 1. The molecule has 21 heavy (non-hydrogen) atoms. The first-order valence-electron chi connectivity index (χ1n) is 6.77. The minimum Gasteiger partial charge on any atom is -0.382 e. The summed E-state index contributed by atoms with van der Waals surface area (Å²) in [5, 5.41) is 13.0. The maximum Gasteiger partial charge on any atom is 0.103 e. The van der Waals surface area contributed by atoms with Gasteiger partial charge in [-0.05, 0) is 31.8 Å². The fourth-order valence-corrected chi connectivity index (χ4v) is 2.48. The molecule has 0 aliphatic carbocycles. The monoisotopic (exact) mass is 299 g/mol. The van der Waals surface area contributed by atoms with Crippen LogP contribution in [0.2, 0.25) is 5.02 Å². The molecule has 0 aromatic heterocycles. The van der Waals surface area contributed by atoms with Gasteiger partial charge < -0.3 is 10.2 Å². The fourth-order valence-electron chi connectivity index (χ4n) is 2.27. The lowest BCUT2D eigenvalue weighted by atomic mass is 10.1. The molecule has 0 bridgehead atoms. The van der Waals surface area contributed by atoms with Gasteiger partial charge in [-0.15, -0.1) is 0 Å². The Hall–Kier alpha value is -2.02. The number of benzene rings is 2. The van der Waals surface area contributed by atoms with Crippen LogP contribution < -0.4 is 5.32 Å². The van der Waals surface area contributed by atoms with Crippen LogP contribution in [0.1, 0.15) is 17.2 Å². The Kier molecular flexibility index (Phi) is 5.21. The third-order valence-corrected chi connectivity index (χ3v) is 3.73. The van der Waals surface area contributed by atoms with Gasteiger partial charge in [0.1, 0.15) is 6.07 Å². The Balaban J connectivity index is 2.18. The van der Waals surface area contributed by atoms with Crippen molar-refractivity contribution < 1.29 is 0 Å². The van der Waals surface area contributed by atoms with Crippen LogP contribution in [0.15, 0.2) is 48.5 Å². The third kappa shape index (κ3) is 3.75. The number of nitrogens with zero attached hydrogens (tertiary/aromatic N) is 2. The molecule has 1 N–H and O–H groups in total. The number of hydrogen-bond acceptors (Lipinski definition) is 3. The van der Waals surface area contributed by atoms with Crippen LogP contribution >= 0.6 is 11.6 Å². The van der Waals surface area contributed by atoms with Crippen molar-refractivity contribution in [2.24, 2.45) is 0 Å². The lowest BCUT2D eigenvalue weighted by Crippen LogP contribution is -2.27. The van der Waals surface area contributed by atoms with Crippen LogP contribution in [0.25, 0.3) is 0 Å². The highest BCUT2D eigenvalue weighted by atomic mass is 35.5. The summed E-state index contributed by atoms with van der Waals surface area (Å²) in [7, 11) is 4.09. The second kappa shape index (κ2) is 7.12. The Morgan fingerprint density at radius 1 is 1.14 bits per heavy atom. The van der Waals surface area contributed by atoms with E-state index in [1.807, 2.05) is 44.4 Å². The average molecular weight is 300 g/mol. The van der Waals surface area contributed by atoms with E-state index in [2.05, 4.69) is 28.4 Å². The highest BCUT2D eigenvalue weighted by Crippen LogP contribution is 2.25. The van der Waals surface area contributed by atoms with E-state index in [0.717, 1.165) is 5.69 Å². The smallest absolute Gasteiger partial charge is 0.103 e. The first-order chi connectivity index (χ1) is 10.1. The number of hydrogen-bond donors (Lipinski definition) is 1. The van der Waals surface area contributed by atoms with Gasteiger partial charge in [0.2, 0.25) is 0 Å². The van der Waals surface area contributed by atoms with E-state index in [1.54, 1.807) is 6.07 Å². The standard InChI is InChI=1S/C17H18ClN3/c1-21(2)17(13-7-4-3-5-8-13)12-20-16-10-6-9-15(18)14(16)11-19/h3-10,17,20H,12H2,1-2H3. The molecule has 0 saturated heterocycles. The van der Waals surface area contributed by atoms with Gasteiger partial charge in [-0.3, -0.25) is 0 Å². The van der Waals surface area contributed by atoms with Crippen molar-refractivity contribution in [3.63, 3.8) is 0 Å². The molecule has 2 aromatic rings. The maximum absolute atomic E-state index is 9.21. The van der Waals surface area contributed by atoms with E-state index in [9.17, 15) is 5.26 Å². The molecule has 0 spiro atoms. The second-order valence-electron chi connectivity index (χ2n) is 5.05. The minimum absolute atomic E-state index is 0.219. The molecule has 0 saturated carbocycles. The van der Waals surface area contributed by atoms with Crippen molar-refractivity contribution in [2.45, 2.75) is 6.04 Å². The predicted molar refractivity (Wildman–Crippen MR) is 87.5 cm³/mol. The second-order valence-corrected chi connectivity index (χ2v) is 5.45. The molecular formula is C17H18ClN3. The zero-order valence-corrected chi connectivity index (χ0v) is 12.9. The first kappa shape index (κ1) is 15.4. The number of nitriles is 1. The fraction of sp³-hybridized carbons (Fsp3) is 0.235. The summed E-state index contributed by atoms with van der Waals surface area (Å²) in [5.74, 6) is 0. The molecule has 0 fully saturated rings. The molecule has 0 heterocycles. The van der Waals surface area contributed by atoms with E-state index in [-0.39, 0.29) is 6.04 Å². The molecule has 3 nitrogen and oxygen atoms in total. The van der Waals surface area contributed by atoms with E-state index < -0.39 is 0 Å². The van der Waals surface area contributed by atoms with Gasteiger partial charge in [-0.2, -0.15) is 5.26 Å². The van der Waals surface area contributed by atoms with E-state index in [4.69, 9.17) is 11.6 Å². The summed E-state index contributed by atoms with van der Waals surface area (Å²) >= 11 is 6.05. The summed E-state index contributed by atoms with van der Waals surface area (Å²) in [6.07, 6.45) is 0. The predicted octanol–water partition coefficient (Wildman–Crippen LogP) is 3.93.